The van der Waals surface area contributed by atoms with E-state index in [1.54, 1.807) is 0 Å². The Morgan fingerprint density at radius 2 is 2.31 bits per heavy atom. The lowest BCUT2D eigenvalue weighted by molar-refractivity contribution is -0.364. The van der Waals surface area contributed by atoms with E-state index in [-0.39, 0.29) is 5.91 Å². The summed E-state index contributed by atoms with van der Waals surface area (Å²) in [7, 11) is 0. The molecule has 0 aromatic rings. The lowest BCUT2D eigenvalue weighted by Crippen LogP contribution is -2.54. The summed E-state index contributed by atoms with van der Waals surface area (Å²) < 4.78 is 0. The van der Waals surface area contributed by atoms with Crippen molar-refractivity contribution in [2.75, 3.05) is 19.6 Å². The molecule has 0 aromatic carbocycles. The maximum atomic E-state index is 11.0. The van der Waals surface area contributed by atoms with Crippen molar-refractivity contribution >= 4 is 5.91 Å². The zero-order valence-corrected chi connectivity index (χ0v) is 7.70. The molecular weight excluding hydrogens is 170 g/mol. The van der Waals surface area contributed by atoms with E-state index in [1.807, 2.05) is 0 Å². The van der Waals surface area contributed by atoms with Gasteiger partial charge in [0.1, 0.15) is 0 Å². The average molecular weight is 186 g/mol. The Morgan fingerprint density at radius 3 is 2.92 bits per heavy atom. The highest BCUT2D eigenvalue weighted by Gasteiger charge is 1.98. The van der Waals surface area contributed by atoms with E-state index >= 15 is 0 Å². The largest absolute Gasteiger partial charge is 0.356 e. The summed E-state index contributed by atoms with van der Waals surface area (Å²) in [5, 5.41) is 6.09. The zero-order chi connectivity index (χ0) is 9.94. The number of quaternary nitrogens is 1. The number of hydrogen-bond donors (Lipinski definition) is 2. The molecular formula is C7H16N5O+. The van der Waals surface area contributed by atoms with Crippen LogP contribution in [0.25, 0.3) is 10.4 Å². The molecule has 0 bridgehead atoms. The SMILES string of the molecule is [N-]=[N+]=NCCCCC(=O)NCC[NH3+]. The van der Waals surface area contributed by atoms with Crippen molar-refractivity contribution in [1.82, 2.24) is 5.32 Å². The molecule has 0 spiro atoms. The first kappa shape index (κ1) is 11.7. The molecule has 0 fully saturated rings. The summed E-state index contributed by atoms with van der Waals surface area (Å²) in [5.74, 6) is 0.0459. The molecule has 4 N–H and O–H groups in total. The topological polar surface area (TPSA) is 106 Å². The van der Waals surface area contributed by atoms with Crippen LogP contribution in [-0.4, -0.2) is 25.5 Å². The summed E-state index contributed by atoms with van der Waals surface area (Å²) in [6, 6.07) is 0. The predicted molar refractivity (Wildman–Crippen MR) is 48.6 cm³/mol. The van der Waals surface area contributed by atoms with Gasteiger partial charge in [-0.15, -0.1) is 0 Å². The number of hydrogen-bond acceptors (Lipinski definition) is 2. The molecule has 0 aliphatic rings. The second-order valence-electron chi connectivity index (χ2n) is 2.62. The number of nitrogens with one attached hydrogen (secondary N) is 1. The van der Waals surface area contributed by atoms with E-state index in [1.165, 1.54) is 0 Å². The van der Waals surface area contributed by atoms with Crippen molar-refractivity contribution in [2.45, 2.75) is 19.3 Å². The van der Waals surface area contributed by atoms with Crippen LogP contribution in [0.15, 0.2) is 5.11 Å². The molecule has 74 valence electrons. The molecule has 0 saturated carbocycles. The number of nitrogens with zero attached hydrogens (tertiary/aromatic N) is 3. The molecule has 6 heteroatoms. The maximum absolute atomic E-state index is 11.0. The number of azide groups is 1. The van der Waals surface area contributed by atoms with Crippen molar-refractivity contribution in [3.8, 4) is 0 Å². The van der Waals surface area contributed by atoms with Crippen molar-refractivity contribution in [2.24, 2.45) is 5.11 Å². The quantitative estimate of drug-likeness (QED) is 0.245. The normalized spacial score (nSPS) is 9.00. The molecule has 0 radical (unpaired) electrons. The monoisotopic (exact) mass is 186 g/mol. The van der Waals surface area contributed by atoms with Gasteiger partial charge in [0.15, 0.2) is 0 Å². The van der Waals surface area contributed by atoms with Gasteiger partial charge in [0, 0.05) is 17.9 Å². The highest BCUT2D eigenvalue weighted by Crippen LogP contribution is 1.95. The molecule has 6 nitrogen and oxygen atoms in total. The summed E-state index contributed by atoms with van der Waals surface area (Å²) in [4.78, 5) is 13.6. The Labute approximate surface area is 77.1 Å². The smallest absolute Gasteiger partial charge is 0.220 e. The minimum atomic E-state index is 0.0459. The average Bonchev–Trinajstić information content (AvgIpc) is 2.14. The lowest BCUT2D eigenvalue weighted by Gasteiger charge is -2.00. The Morgan fingerprint density at radius 1 is 1.54 bits per heavy atom. The number of amides is 1. The second kappa shape index (κ2) is 8.83. The molecule has 0 heterocycles. The van der Waals surface area contributed by atoms with Gasteiger partial charge in [-0.2, -0.15) is 0 Å². The van der Waals surface area contributed by atoms with Crippen molar-refractivity contribution in [3.05, 3.63) is 10.4 Å². The van der Waals surface area contributed by atoms with E-state index in [9.17, 15) is 4.79 Å². The summed E-state index contributed by atoms with van der Waals surface area (Å²) >= 11 is 0. The van der Waals surface area contributed by atoms with Crippen LogP contribution in [0, 0.1) is 0 Å². The molecule has 0 aliphatic heterocycles. The fourth-order valence-corrected chi connectivity index (χ4v) is 0.829. The number of carbonyl (C=O) groups excluding carboxylic acids is 1. The molecule has 0 aliphatic carbocycles. The van der Waals surface area contributed by atoms with Gasteiger partial charge in [-0.3, -0.25) is 4.79 Å². The molecule has 1 amide bonds. The fraction of sp³-hybridized carbons (Fsp3) is 0.857. The van der Waals surface area contributed by atoms with E-state index < -0.39 is 0 Å². The molecule has 0 rings (SSSR count). The van der Waals surface area contributed by atoms with Crippen LogP contribution in [-0.2, 0) is 4.79 Å². The first-order valence-electron chi connectivity index (χ1n) is 4.38. The second-order valence-corrected chi connectivity index (χ2v) is 2.62. The van der Waals surface area contributed by atoms with Crippen LogP contribution in [0.5, 0.6) is 0 Å². The van der Waals surface area contributed by atoms with Gasteiger partial charge in [-0.05, 0) is 18.4 Å². The third kappa shape index (κ3) is 8.65. The molecule has 0 unspecified atom stereocenters. The first-order chi connectivity index (χ1) is 6.31. The fourth-order valence-electron chi connectivity index (χ4n) is 0.829. The Bertz CT molecular complexity index is 187. The molecule has 0 aromatic heterocycles. The Kier molecular flexibility index (Phi) is 7.98. The van der Waals surface area contributed by atoms with Gasteiger partial charge in [-0.1, -0.05) is 5.11 Å². The van der Waals surface area contributed by atoms with Gasteiger partial charge in [0.25, 0.3) is 0 Å². The summed E-state index contributed by atoms with van der Waals surface area (Å²) in [6.45, 7) is 1.82. The number of rotatable bonds is 7. The summed E-state index contributed by atoms with van der Waals surface area (Å²) in [6.07, 6.45) is 2.03. The zero-order valence-electron chi connectivity index (χ0n) is 7.70. The van der Waals surface area contributed by atoms with Gasteiger partial charge >= 0.3 is 0 Å². The van der Waals surface area contributed by atoms with Crippen LogP contribution >= 0.6 is 0 Å². The molecule has 0 atom stereocenters. The Balaban J connectivity index is 3.21. The van der Waals surface area contributed by atoms with Crippen LogP contribution in [0.2, 0.25) is 0 Å². The first-order valence-corrected chi connectivity index (χ1v) is 4.38. The van der Waals surface area contributed by atoms with Crippen LogP contribution < -0.4 is 11.1 Å². The van der Waals surface area contributed by atoms with Crippen molar-refractivity contribution < 1.29 is 10.5 Å². The van der Waals surface area contributed by atoms with E-state index in [2.05, 4.69) is 21.1 Å². The minimum Gasteiger partial charge on any atom is -0.356 e. The number of unbranched alkanes of at least 4 members (excludes halogenated alkanes) is 1. The molecule has 13 heavy (non-hydrogen) atoms. The summed E-state index contributed by atoms with van der Waals surface area (Å²) in [5.41, 5.74) is 11.6. The van der Waals surface area contributed by atoms with Crippen LogP contribution in [0.4, 0.5) is 0 Å². The standard InChI is InChI=1S/C7H15N5O/c8-4-6-10-7(13)3-1-2-5-11-12-9/h1-6,8H2,(H,10,13)/p+1. The van der Waals surface area contributed by atoms with Gasteiger partial charge in [-0.25, -0.2) is 0 Å². The minimum absolute atomic E-state index is 0.0459. The van der Waals surface area contributed by atoms with Gasteiger partial charge in [0.05, 0.1) is 13.1 Å². The highest BCUT2D eigenvalue weighted by atomic mass is 16.1. The maximum Gasteiger partial charge on any atom is 0.220 e. The van der Waals surface area contributed by atoms with E-state index in [0.29, 0.717) is 26.1 Å². The van der Waals surface area contributed by atoms with Gasteiger partial charge < -0.3 is 11.1 Å². The van der Waals surface area contributed by atoms with Crippen molar-refractivity contribution in [1.29, 1.82) is 0 Å². The Hall–Kier alpha value is -1.26. The van der Waals surface area contributed by atoms with E-state index in [4.69, 9.17) is 5.53 Å². The lowest BCUT2D eigenvalue weighted by atomic mass is 10.2. The predicted octanol–water partition coefficient (Wildman–Crippen LogP) is -0.175. The molecule has 0 saturated heterocycles. The van der Waals surface area contributed by atoms with Crippen molar-refractivity contribution in [3.63, 3.8) is 0 Å². The number of carbonyl (C=O) groups is 1. The van der Waals surface area contributed by atoms with Crippen LogP contribution in [0.1, 0.15) is 19.3 Å². The third-order valence-electron chi connectivity index (χ3n) is 1.47. The highest BCUT2D eigenvalue weighted by molar-refractivity contribution is 5.75. The third-order valence-corrected chi connectivity index (χ3v) is 1.47. The van der Waals surface area contributed by atoms with E-state index in [0.717, 1.165) is 12.8 Å². The van der Waals surface area contributed by atoms with Crippen LogP contribution in [0.3, 0.4) is 0 Å². The van der Waals surface area contributed by atoms with Gasteiger partial charge in [0.2, 0.25) is 5.91 Å².